The molecular weight excluding hydrogens is 341 g/mol. The van der Waals surface area contributed by atoms with Crippen molar-refractivity contribution in [3.63, 3.8) is 0 Å². The summed E-state index contributed by atoms with van der Waals surface area (Å²) in [5, 5.41) is 0.573. The number of anilines is 1. The number of thiazole rings is 1. The molecule has 1 heterocycles. The molecule has 0 amide bonds. The Morgan fingerprint density at radius 3 is 2.52 bits per heavy atom. The first-order chi connectivity index (χ1) is 10.7. The lowest BCUT2D eigenvalue weighted by atomic mass is 10.3. The van der Waals surface area contributed by atoms with Crippen molar-refractivity contribution in [1.82, 2.24) is 9.88 Å². The van der Waals surface area contributed by atoms with Gasteiger partial charge in [-0.05, 0) is 24.3 Å². The number of aromatic nitrogens is 1. The van der Waals surface area contributed by atoms with Crippen LogP contribution < -0.4 is 10.5 Å². The third kappa shape index (κ3) is 7.13. The molecule has 0 fully saturated rings. The van der Waals surface area contributed by atoms with Gasteiger partial charge in [0, 0.05) is 37.8 Å². The second-order valence-electron chi connectivity index (χ2n) is 4.74. The van der Waals surface area contributed by atoms with E-state index in [1.807, 2.05) is 0 Å². The van der Waals surface area contributed by atoms with Crippen molar-refractivity contribution < 1.29 is 13.9 Å². The number of rotatable bonds is 9. The van der Waals surface area contributed by atoms with E-state index in [0.717, 1.165) is 24.5 Å². The molecule has 8 heteroatoms. The molecule has 1 aromatic carbocycles. The summed E-state index contributed by atoms with van der Waals surface area (Å²) >= 11 is 1.48. The smallest absolute Gasteiger partial charge is 0.180 e. The van der Waals surface area contributed by atoms with Gasteiger partial charge in [0.2, 0.25) is 0 Å². The zero-order chi connectivity index (χ0) is 15.8. The van der Waals surface area contributed by atoms with Crippen LogP contribution in [0.5, 0.6) is 5.75 Å². The Kier molecular flexibility index (Phi) is 8.86. The first kappa shape index (κ1) is 19.6. The third-order valence-corrected chi connectivity index (χ3v) is 3.86. The second kappa shape index (κ2) is 10.4. The maximum atomic E-state index is 12.8. The summed E-state index contributed by atoms with van der Waals surface area (Å²) in [6.07, 6.45) is 1.79. The van der Waals surface area contributed by atoms with E-state index < -0.39 is 0 Å². The first-order valence-electron chi connectivity index (χ1n) is 6.97. The van der Waals surface area contributed by atoms with Gasteiger partial charge in [-0.15, -0.1) is 23.7 Å². The first-order valence-corrected chi connectivity index (χ1v) is 7.79. The molecule has 2 aromatic rings. The monoisotopic (exact) mass is 361 g/mol. The topological polar surface area (TPSA) is 60.6 Å². The van der Waals surface area contributed by atoms with Crippen molar-refractivity contribution in [3.05, 3.63) is 41.2 Å². The molecule has 0 saturated carbocycles. The van der Waals surface area contributed by atoms with Crippen LogP contribution in [0.25, 0.3) is 0 Å². The average Bonchev–Trinajstić information content (AvgIpc) is 2.92. The zero-order valence-corrected chi connectivity index (χ0v) is 14.5. The molecule has 0 spiro atoms. The number of methoxy groups -OCH3 is 1. The molecule has 0 aliphatic carbocycles. The normalized spacial score (nSPS) is 10.6. The molecule has 0 aliphatic heterocycles. The Bertz CT molecular complexity index is 568. The van der Waals surface area contributed by atoms with Gasteiger partial charge >= 0.3 is 0 Å². The minimum absolute atomic E-state index is 0. The summed E-state index contributed by atoms with van der Waals surface area (Å²) in [7, 11) is 1.68. The lowest BCUT2D eigenvalue weighted by molar-refractivity contribution is 0.131. The molecule has 2 rings (SSSR count). The fourth-order valence-electron chi connectivity index (χ4n) is 1.93. The van der Waals surface area contributed by atoms with Gasteiger partial charge in [0.1, 0.15) is 18.2 Å². The van der Waals surface area contributed by atoms with Gasteiger partial charge in [0.25, 0.3) is 0 Å². The van der Waals surface area contributed by atoms with Gasteiger partial charge in [-0.1, -0.05) is 0 Å². The quantitative estimate of drug-likeness (QED) is 0.744. The fourth-order valence-corrected chi connectivity index (χ4v) is 2.66. The summed E-state index contributed by atoms with van der Waals surface area (Å²) in [6.45, 7) is 3.44. The molecule has 0 radical (unpaired) electrons. The molecule has 128 valence electrons. The maximum Gasteiger partial charge on any atom is 0.180 e. The number of ether oxygens (including phenoxy) is 2. The number of nitrogen functional groups attached to an aromatic ring is 1. The molecule has 0 bridgehead atoms. The highest BCUT2D eigenvalue weighted by Crippen LogP contribution is 2.16. The van der Waals surface area contributed by atoms with Gasteiger partial charge in [-0.3, -0.25) is 4.90 Å². The minimum Gasteiger partial charge on any atom is -0.492 e. The molecular formula is C15H21ClFN3O2S. The molecule has 2 N–H and O–H groups in total. The fraction of sp³-hybridized carbons (Fsp3) is 0.400. The van der Waals surface area contributed by atoms with Gasteiger partial charge in [0.15, 0.2) is 5.13 Å². The third-order valence-electron chi connectivity index (χ3n) is 3.05. The van der Waals surface area contributed by atoms with Gasteiger partial charge in [-0.25, -0.2) is 9.37 Å². The van der Waals surface area contributed by atoms with Crippen LogP contribution in [0, 0.1) is 5.82 Å². The summed E-state index contributed by atoms with van der Waals surface area (Å²) in [5.74, 6) is 0.395. The second-order valence-corrected chi connectivity index (χ2v) is 5.88. The zero-order valence-electron chi connectivity index (χ0n) is 12.9. The van der Waals surface area contributed by atoms with E-state index in [1.165, 1.54) is 23.5 Å². The van der Waals surface area contributed by atoms with Crippen molar-refractivity contribution in [2.24, 2.45) is 0 Å². The Labute approximate surface area is 145 Å². The van der Waals surface area contributed by atoms with Crippen LogP contribution in [0.2, 0.25) is 0 Å². The van der Waals surface area contributed by atoms with E-state index in [9.17, 15) is 4.39 Å². The molecule has 0 atom stereocenters. The van der Waals surface area contributed by atoms with Crippen molar-refractivity contribution in [3.8, 4) is 5.75 Å². The molecule has 23 heavy (non-hydrogen) atoms. The summed E-state index contributed by atoms with van der Waals surface area (Å²) in [4.78, 5) is 7.37. The van der Waals surface area contributed by atoms with Crippen LogP contribution in [0.4, 0.5) is 9.52 Å². The standard InChI is InChI=1S/C15H20FN3O2S.ClH/c1-20-8-6-19(11-14-10-18-15(17)22-14)7-9-21-13-4-2-12(16)3-5-13;/h2-5,10H,6-9,11H2,1H3,(H2,17,18);1H. The van der Waals surface area contributed by atoms with E-state index in [1.54, 1.807) is 25.4 Å². The molecule has 5 nitrogen and oxygen atoms in total. The Hall–Kier alpha value is -1.41. The highest BCUT2D eigenvalue weighted by atomic mass is 35.5. The van der Waals surface area contributed by atoms with Gasteiger partial charge < -0.3 is 15.2 Å². The lowest BCUT2D eigenvalue weighted by Crippen LogP contribution is -2.30. The summed E-state index contributed by atoms with van der Waals surface area (Å²) < 4.78 is 23.6. The molecule has 0 aliphatic rings. The van der Waals surface area contributed by atoms with Crippen LogP contribution in [0.3, 0.4) is 0 Å². The highest BCUT2D eigenvalue weighted by molar-refractivity contribution is 7.15. The van der Waals surface area contributed by atoms with Gasteiger partial charge in [-0.2, -0.15) is 0 Å². The average molecular weight is 362 g/mol. The van der Waals surface area contributed by atoms with Crippen molar-refractivity contribution in [2.75, 3.05) is 39.1 Å². The van der Waals surface area contributed by atoms with Crippen LogP contribution in [-0.4, -0.2) is 43.3 Å². The predicted octanol–water partition coefficient (Wildman–Crippen LogP) is 2.81. The number of benzene rings is 1. The SMILES string of the molecule is COCCN(CCOc1ccc(F)cc1)Cc1cnc(N)s1.Cl. The minimum atomic E-state index is -0.267. The van der Waals surface area contributed by atoms with Crippen LogP contribution >= 0.6 is 23.7 Å². The Balaban J connectivity index is 0.00000264. The van der Waals surface area contributed by atoms with Gasteiger partial charge in [0.05, 0.1) is 6.61 Å². The number of nitrogens with two attached hydrogens (primary N) is 1. The van der Waals surface area contributed by atoms with Crippen molar-refractivity contribution in [1.29, 1.82) is 0 Å². The Morgan fingerprint density at radius 2 is 1.91 bits per heavy atom. The van der Waals surface area contributed by atoms with Crippen LogP contribution in [-0.2, 0) is 11.3 Å². The number of hydrogen-bond donors (Lipinski definition) is 1. The largest absolute Gasteiger partial charge is 0.492 e. The number of halogens is 2. The lowest BCUT2D eigenvalue weighted by Gasteiger charge is -2.21. The summed E-state index contributed by atoms with van der Waals surface area (Å²) in [5.41, 5.74) is 5.65. The van der Waals surface area contributed by atoms with E-state index in [2.05, 4.69) is 9.88 Å². The van der Waals surface area contributed by atoms with Crippen molar-refractivity contribution in [2.45, 2.75) is 6.54 Å². The Morgan fingerprint density at radius 1 is 1.22 bits per heavy atom. The molecule has 0 saturated heterocycles. The van der Waals surface area contributed by atoms with E-state index >= 15 is 0 Å². The predicted molar refractivity (Wildman–Crippen MR) is 92.8 cm³/mol. The van der Waals surface area contributed by atoms with Crippen LogP contribution in [0.1, 0.15) is 4.88 Å². The van der Waals surface area contributed by atoms with Crippen molar-refractivity contribution >= 4 is 28.9 Å². The number of nitrogens with zero attached hydrogens (tertiary/aromatic N) is 2. The van der Waals surface area contributed by atoms with E-state index in [4.69, 9.17) is 15.2 Å². The van der Waals surface area contributed by atoms with Crippen LogP contribution in [0.15, 0.2) is 30.5 Å². The molecule has 1 aromatic heterocycles. The highest BCUT2D eigenvalue weighted by Gasteiger charge is 2.09. The maximum absolute atomic E-state index is 12.8. The van der Waals surface area contributed by atoms with E-state index in [0.29, 0.717) is 24.1 Å². The number of hydrogen-bond acceptors (Lipinski definition) is 6. The summed E-state index contributed by atoms with van der Waals surface area (Å²) in [6, 6.07) is 6.02. The molecule has 0 unspecified atom stereocenters. The van der Waals surface area contributed by atoms with E-state index in [-0.39, 0.29) is 18.2 Å².